The van der Waals surface area contributed by atoms with Crippen molar-refractivity contribution in [2.45, 2.75) is 38.5 Å². The van der Waals surface area contributed by atoms with Gasteiger partial charge in [0.25, 0.3) is 0 Å². The van der Waals surface area contributed by atoms with Crippen LogP contribution >= 0.6 is 0 Å². The Labute approximate surface area is 129 Å². The molecule has 1 N–H and O–H groups in total. The normalized spacial score (nSPS) is 16.6. The van der Waals surface area contributed by atoms with Gasteiger partial charge >= 0.3 is 0 Å². The van der Waals surface area contributed by atoms with E-state index in [2.05, 4.69) is 21.8 Å². The number of likely N-dealkylation sites (tertiary alicyclic amines) is 1. The average Bonchev–Trinajstić information content (AvgIpc) is 2.69. The molecule has 1 heterocycles. The Morgan fingerprint density at radius 1 is 1.48 bits per heavy atom. The van der Waals surface area contributed by atoms with Crippen molar-refractivity contribution >= 4 is 11.9 Å². The second-order valence-corrected chi connectivity index (χ2v) is 5.52. The monoisotopic (exact) mass is 294 g/mol. The van der Waals surface area contributed by atoms with Crippen LogP contribution in [-0.2, 0) is 4.79 Å². The van der Waals surface area contributed by atoms with Gasteiger partial charge in [-0.15, -0.1) is 6.58 Å². The lowest BCUT2D eigenvalue weighted by Crippen LogP contribution is -2.41. The molecule has 0 aromatic carbocycles. The van der Waals surface area contributed by atoms with Gasteiger partial charge in [-0.3, -0.25) is 9.79 Å². The van der Waals surface area contributed by atoms with Gasteiger partial charge in [-0.2, -0.15) is 0 Å². The first-order valence-corrected chi connectivity index (χ1v) is 7.99. The molecule has 0 unspecified atom stereocenters. The first-order chi connectivity index (χ1) is 10.2. The van der Waals surface area contributed by atoms with Gasteiger partial charge in [-0.05, 0) is 25.7 Å². The van der Waals surface area contributed by atoms with Crippen LogP contribution in [0.3, 0.4) is 0 Å². The molecular formula is C16H30N4O. The molecule has 1 rings (SSSR count). The molecule has 0 radical (unpaired) electrons. The van der Waals surface area contributed by atoms with E-state index in [0.29, 0.717) is 5.91 Å². The van der Waals surface area contributed by atoms with Crippen molar-refractivity contribution in [3.63, 3.8) is 0 Å². The van der Waals surface area contributed by atoms with Gasteiger partial charge in [0.05, 0.1) is 0 Å². The van der Waals surface area contributed by atoms with Gasteiger partial charge in [0.2, 0.25) is 5.91 Å². The summed E-state index contributed by atoms with van der Waals surface area (Å²) in [5.74, 6) is 1.22. The summed E-state index contributed by atoms with van der Waals surface area (Å²) in [6, 6.07) is 0. The highest BCUT2D eigenvalue weighted by molar-refractivity contribution is 5.79. The molecule has 0 aromatic heterocycles. The van der Waals surface area contributed by atoms with Crippen molar-refractivity contribution in [2.24, 2.45) is 4.99 Å². The summed E-state index contributed by atoms with van der Waals surface area (Å²) in [6.07, 6.45) is 7.91. The van der Waals surface area contributed by atoms with Gasteiger partial charge in [0, 0.05) is 46.7 Å². The van der Waals surface area contributed by atoms with E-state index in [4.69, 9.17) is 0 Å². The molecule has 1 saturated heterocycles. The third kappa shape index (κ3) is 6.65. The van der Waals surface area contributed by atoms with E-state index in [1.165, 1.54) is 6.42 Å². The fourth-order valence-corrected chi connectivity index (χ4v) is 2.52. The second-order valence-electron chi connectivity index (χ2n) is 5.52. The van der Waals surface area contributed by atoms with Crippen LogP contribution in [0.25, 0.3) is 0 Å². The highest BCUT2D eigenvalue weighted by Crippen LogP contribution is 2.11. The van der Waals surface area contributed by atoms with Crippen molar-refractivity contribution in [1.82, 2.24) is 15.1 Å². The van der Waals surface area contributed by atoms with Crippen molar-refractivity contribution in [3.05, 3.63) is 12.7 Å². The van der Waals surface area contributed by atoms with Gasteiger partial charge in [0.15, 0.2) is 5.96 Å². The number of nitrogens with zero attached hydrogens (tertiary/aromatic N) is 3. The molecule has 1 aliphatic rings. The predicted octanol–water partition coefficient (Wildman–Crippen LogP) is 1.86. The van der Waals surface area contributed by atoms with Crippen molar-refractivity contribution in [2.75, 3.05) is 40.3 Å². The fraction of sp³-hybridized carbons (Fsp3) is 0.750. The maximum atomic E-state index is 11.9. The minimum Gasteiger partial charge on any atom is -0.356 e. The van der Waals surface area contributed by atoms with Gasteiger partial charge in [-0.1, -0.05) is 12.5 Å². The van der Waals surface area contributed by atoms with E-state index in [9.17, 15) is 4.79 Å². The van der Waals surface area contributed by atoms with Crippen LogP contribution in [0.5, 0.6) is 0 Å². The third-order valence-electron chi connectivity index (χ3n) is 3.80. The zero-order chi connectivity index (χ0) is 15.5. The molecule has 0 aromatic rings. The summed E-state index contributed by atoms with van der Waals surface area (Å²) in [5.41, 5.74) is 0. The summed E-state index contributed by atoms with van der Waals surface area (Å²) in [4.78, 5) is 20.3. The minimum absolute atomic E-state index is 0.319. The van der Waals surface area contributed by atoms with Crippen molar-refractivity contribution in [3.8, 4) is 0 Å². The van der Waals surface area contributed by atoms with Crippen LogP contribution in [0.1, 0.15) is 38.5 Å². The van der Waals surface area contributed by atoms with Gasteiger partial charge < -0.3 is 15.1 Å². The Hall–Kier alpha value is -1.52. The summed E-state index contributed by atoms with van der Waals surface area (Å²) in [6.45, 7) is 7.26. The highest BCUT2D eigenvalue weighted by Gasteiger charge is 2.15. The van der Waals surface area contributed by atoms with Crippen LogP contribution in [0.15, 0.2) is 17.6 Å². The number of aliphatic imine (C=N–C) groups is 1. The lowest BCUT2D eigenvalue weighted by atomic mass is 10.2. The molecule has 5 nitrogen and oxygen atoms in total. The van der Waals surface area contributed by atoms with Crippen LogP contribution in [0.4, 0.5) is 0 Å². The predicted molar refractivity (Wildman–Crippen MR) is 88.5 cm³/mol. The molecule has 120 valence electrons. The van der Waals surface area contributed by atoms with E-state index in [1.807, 2.05) is 18.0 Å². The number of hydrogen-bond donors (Lipinski definition) is 1. The number of rotatable bonds is 7. The summed E-state index contributed by atoms with van der Waals surface area (Å²) < 4.78 is 0. The van der Waals surface area contributed by atoms with E-state index in [1.54, 1.807) is 7.05 Å². The molecule has 21 heavy (non-hydrogen) atoms. The maximum Gasteiger partial charge on any atom is 0.222 e. The van der Waals surface area contributed by atoms with Gasteiger partial charge in [-0.25, -0.2) is 0 Å². The molecule has 1 amide bonds. The largest absolute Gasteiger partial charge is 0.356 e. The van der Waals surface area contributed by atoms with E-state index in [-0.39, 0.29) is 0 Å². The molecule has 0 spiro atoms. The van der Waals surface area contributed by atoms with Crippen molar-refractivity contribution in [1.29, 1.82) is 0 Å². The zero-order valence-electron chi connectivity index (χ0n) is 13.6. The molecule has 1 aliphatic heterocycles. The summed E-state index contributed by atoms with van der Waals surface area (Å²) in [7, 11) is 3.82. The number of guanidine groups is 1. The number of carbonyl (C=O) groups is 1. The SMILES string of the molecule is C=CCCN(C)C(=NC)NCCCN1CCCCCC1=O. The number of hydrogen-bond acceptors (Lipinski definition) is 2. The average molecular weight is 294 g/mol. The molecule has 0 saturated carbocycles. The smallest absolute Gasteiger partial charge is 0.222 e. The Balaban J connectivity index is 2.25. The Morgan fingerprint density at radius 3 is 3.00 bits per heavy atom. The lowest BCUT2D eigenvalue weighted by molar-refractivity contribution is -0.130. The van der Waals surface area contributed by atoms with Crippen LogP contribution < -0.4 is 5.32 Å². The van der Waals surface area contributed by atoms with Crippen LogP contribution in [-0.4, -0.2) is 61.9 Å². The van der Waals surface area contributed by atoms with Crippen LogP contribution in [0, 0.1) is 0 Å². The highest BCUT2D eigenvalue weighted by atomic mass is 16.2. The molecule has 5 heteroatoms. The van der Waals surface area contributed by atoms with E-state index in [0.717, 1.165) is 64.2 Å². The van der Waals surface area contributed by atoms with Crippen molar-refractivity contribution < 1.29 is 4.79 Å². The first-order valence-electron chi connectivity index (χ1n) is 7.99. The quantitative estimate of drug-likeness (QED) is 0.337. The molecule has 0 bridgehead atoms. The fourth-order valence-electron chi connectivity index (χ4n) is 2.52. The topological polar surface area (TPSA) is 47.9 Å². The zero-order valence-corrected chi connectivity index (χ0v) is 13.6. The second kappa shape index (κ2) is 10.2. The van der Waals surface area contributed by atoms with Gasteiger partial charge in [0.1, 0.15) is 0 Å². The molecule has 1 fully saturated rings. The summed E-state index contributed by atoms with van der Waals surface area (Å²) in [5, 5.41) is 3.35. The Bertz CT molecular complexity index is 354. The molecular weight excluding hydrogens is 264 g/mol. The Morgan fingerprint density at radius 2 is 2.29 bits per heavy atom. The summed E-state index contributed by atoms with van der Waals surface area (Å²) >= 11 is 0. The number of nitrogens with one attached hydrogen (secondary N) is 1. The van der Waals surface area contributed by atoms with E-state index < -0.39 is 0 Å². The minimum atomic E-state index is 0.319. The standard InChI is InChI=1S/C16H30N4O/c1-4-5-12-19(3)16(17-2)18-11-9-14-20-13-8-6-7-10-15(20)21/h4H,1,5-14H2,2-3H3,(H,17,18). The number of amides is 1. The maximum absolute atomic E-state index is 11.9. The number of carbonyl (C=O) groups excluding carboxylic acids is 1. The van der Waals surface area contributed by atoms with Crippen LogP contribution in [0.2, 0.25) is 0 Å². The third-order valence-corrected chi connectivity index (χ3v) is 3.80. The molecule has 0 aliphatic carbocycles. The lowest BCUT2D eigenvalue weighted by Gasteiger charge is -2.23. The first kappa shape index (κ1) is 17.5. The van der Waals surface area contributed by atoms with E-state index >= 15 is 0 Å². The Kier molecular flexibility index (Phi) is 8.55. The molecule has 0 atom stereocenters.